The Labute approximate surface area is 100 Å². The van der Waals surface area contributed by atoms with E-state index < -0.39 is 8.07 Å². The zero-order valence-corrected chi connectivity index (χ0v) is 12.1. The third kappa shape index (κ3) is 5.34. The molecule has 0 fully saturated rings. The van der Waals surface area contributed by atoms with Crippen molar-refractivity contribution in [3.8, 4) is 0 Å². The predicted molar refractivity (Wildman–Crippen MR) is 73.1 cm³/mol. The number of hydrogen-bond donors (Lipinski definition) is 0. The zero-order valence-electron chi connectivity index (χ0n) is 8.71. The van der Waals surface area contributed by atoms with Gasteiger partial charge in [0, 0.05) is 9.92 Å². The van der Waals surface area contributed by atoms with Crippen LogP contribution in [0, 0.1) is 0 Å². The Morgan fingerprint density at radius 3 is 2.21 bits per heavy atom. The molecule has 0 saturated carbocycles. The second-order valence-corrected chi connectivity index (χ2v) is 13.2. The van der Waals surface area contributed by atoms with Crippen molar-refractivity contribution in [2.75, 3.05) is 5.38 Å². The van der Waals surface area contributed by atoms with Gasteiger partial charge in [-0.3, -0.25) is 0 Å². The second-order valence-electron chi connectivity index (χ2n) is 4.36. The molecule has 1 aromatic rings. The van der Waals surface area contributed by atoms with Crippen LogP contribution in [0.3, 0.4) is 0 Å². The van der Waals surface area contributed by atoms with Gasteiger partial charge in [0.15, 0.2) is 0 Å². The van der Waals surface area contributed by atoms with Crippen LogP contribution in [0.4, 0.5) is 0 Å². The molecule has 78 valence electrons. The summed E-state index contributed by atoms with van der Waals surface area (Å²) >= 11 is 5.81. The third-order valence-corrected chi connectivity index (χ3v) is 8.22. The molecule has 0 saturated heterocycles. The summed E-state index contributed by atoms with van der Waals surface area (Å²) in [6.07, 6.45) is 0. The van der Waals surface area contributed by atoms with Gasteiger partial charge in [0.05, 0.1) is 8.07 Å². The van der Waals surface area contributed by atoms with Crippen LogP contribution in [0.25, 0.3) is 0 Å². The lowest BCUT2D eigenvalue weighted by atomic mass is 10.4. The highest BCUT2D eigenvalue weighted by Gasteiger charge is 2.12. The standard InChI is InChI=1S/C10H15ClS2Si/c1-14(2,3)8-12-13-10-6-4-9(11)5-7-10/h4-7H,8H2,1-3H3. The minimum Gasteiger partial charge on any atom is -0.0920 e. The quantitative estimate of drug-likeness (QED) is 0.556. The van der Waals surface area contributed by atoms with Crippen molar-refractivity contribution in [2.45, 2.75) is 24.5 Å². The molecule has 0 unspecified atom stereocenters. The predicted octanol–water partition coefficient (Wildman–Crippen LogP) is 4.96. The van der Waals surface area contributed by atoms with Gasteiger partial charge in [0.1, 0.15) is 0 Å². The molecule has 0 amide bonds. The van der Waals surface area contributed by atoms with Crippen LogP contribution >= 0.6 is 33.2 Å². The fourth-order valence-corrected chi connectivity index (χ4v) is 7.38. The van der Waals surface area contributed by atoms with Gasteiger partial charge < -0.3 is 0 Å². The van der Waals surface area contributed by atoms with Crippen molar-refractivity contribution in [1.29, 1.82) is 0 Å². The third-order valence-electron chi connectivity index (χ3n) is 1.46. The average Bonchev–Trinajstić information content (AvgIpc) is 2.06. The topological polar surface area (TPSA) is 0 Å². The highest BCUT2D eigenvalue weighted by molar-refractivity contribution is 8.77. The molecule has 0 bridgehead atoms. The van der Waals surface area contributed by atoms with Crippen LogP contribution in [-0.2, 0) is 0 Å². The van der Waals surface area contributed by atoms with E-state index in [9.17, 15) is 0 Å². The summed E-state index contributed by atoms with van der Waals surface area (Å²) in [6, 6.07) is 8.03. The van der Waals surface area contributed by atoms with Gasteiger partial charge in [-0.2, -0.15) is 0 Å². The first-order valence-corrected chi connectivity index (χ1v) is 10.9. The molecule has 4 heteroatoms. The molecule has 1 aromatic carbocycles. The van der Waals surface area contributed by atoms with Crippen LogP contribution in [0.15, 0.2) is 29.2 Å². The van der Waals surface area contributed by atoms with E-state index in [1.165, 1.54) is 10.3 Å². The van der Waals surface area contributed by atoms with E-state index in [1.54, 1.807) is 0 Å². The Balaban J connectivity index is 2.35. The lowest BCUT2D eigenvalue weighted by Gasteiger charge is -2.13. The first kappa shape index (κ1) is 12.5. The average molecular weight is 263 g/mol. The Morgan fingerprint density at radius 2 is 1.71 bits per heavy atom. The first-order valence-electron chi connectivity index (χ1n) is 4.52. The fraction of sp³-hybridized carbons (Fsp3) is 0.400. The van der Waals surface area contributed by atoms with Crippen molar-refractivity contribution in [3.63, 3.8) is 0 Å². The molecule has 0 N–H and O–H groups in total. The van der Waals surface area contributed by atoms with Crippen molar-refractivity contribution in [1.82, 2.24) is 0 Å². The van der Waals surface area contributed by atoms with E-state index in [0.717, 1.165) is 5.02 Å². The van der Waals surface area contributed by atoms with Crippen LogP contribution in [0.5, 0.6) is 0 Å². The molecule has 0 aliphatic heterocycles. The normalized spacial score (nSPS) is 11.7. The summed E-state index contributed by atoms with van der Waals surface area (Å²) in [4.78, 5) is 1.29. The van der Waals surface area contributed by atoms with E-state index in [-0.39, 0.29) is 0 Å². The van der Waals surface area contributed by atoms with Crippen LogP contribution in [0.2, 0.25) is 24.7 Å². The molecule has 14 heavy (non-hydrogen) atoms. The number of hydrogen-bond acceptors (Lipinski definition) is 2. The smallest absolute Gasteiger partial charge is 0.0559 e. The zero-order chi connectivity index (χ0) is 10.6. The highest BCUT2D eigenvalue weighted by atomic mass is 35.5. The maximum absolute atomic E-state index is 5.81. The minimum atomic E-state index is -0.906. The van der Waals surface area contributed by atoms with E-state index in [1.807, 2.05) is 33.7 Å². The number of rotatable bonds is 4. The molecule has 0 aromatic heterocycles. The summed E-state index contributed by atoms with van der Waals surface area (Å²) in [7, 11) is 2.90. The minimum absolute atomic E-state index is 0.810. The molecule has 0 nitrogen and oxygen atoms in total. The summed E-state index contributed by atoms with van der Waals surface area (Å²) in [5, 5.41) is 2.10. The molecule has 0 spiro atoms. The number of benzene rings is 1. The van der Waals surface area contributed by atoms with Gasteiger partial charge in [-0.1, -0.05) is 52.8 Å². The van der Waals surface area contributed by atoms with Crippen LogP contribution < -0.4 is 0 Å². The lowest BCUT2D eigenvalue weighted by Crippen LogP contribution is -2.23. The Hall–Kier alpha value is 0.427. The van der Waals surface area contributed by atoms with Crippen molar-refractivity contribution < 1.29 is 0 Å². The highest BCUT2D eigenvalue weighted by Crippen LogP contribution is 2.33. The van der Waals surface area contributed by atoms with E-state index in [0.29, 0.717) is 0 Å². The van der Waals surface area contributed by atoms with Crippen molar-refractivity contribution in [3.05, 3.63) is 29.3 Å². The fourth-order valence-electron chi connectivity index (χ4n) is 0.764. The van der Waals surface area contributed by atoms with Gasteiger partial charge in [-0.15, -0.1) is 0 Å². The van der Waals surface area contributed by atoms with E-state index >= 15 is 0 Å². The summed E-state index contributed by atoms with van der Waals surface area (Å²) in [6.45, 7) is 7.17. The molecule has 0 radical (unpaired) electrons. The van der Waals surface area contributed by atoms with Crippen molar-refractivity contribution >= 4 is 41.3 Å². The first-order chi connectivity index (χ1) is 6.47. The van der Waals surface area contributed by atoms with Crippen LogP contribution in [-0.4, -0.2) is 13.5 Å². The molecular weight excluding hydrogens is 248 g/mol. The van der Waals surface area contributed by atoms with Gasteiger partial charge in [0.2, 0.25) is 0 Å². The molecule has 0 aliphatic rings. The van der Waals surface area contributed by atoms with E-state index in [4.69, 9.17) is 11.6 Å². The second kappa shape index (κ2) is 5.49. The largest absolute Gasteiger partial charge is 0.0920 e. The summed E-state index contributed by atoms with van der Waals surface area (Å²) < 4.78 is 0. The van der Waals surface area contributed by atoms with E-state index in [2.05, 4.69) is 31.8 Å². The van der Waals surface area contributed by atoms with Gasteiger partial charge in [-0.25, -0.2) is 0 Å². The number of halogens is 1. The maximum atomic E-state index is 5.81. The SMILES string of the molecule is C[Si](C)(C)CSSc1ccc(Cl)cc1. The molecule has 0 heterocycles. The van der Waals surface area contributed by atoms with Gasteiger partial charge in [0.25, 0.3) is 0 Å². The van der Waals surface area contributed by atoms with Crippen LogP contribution in [0.1, 0.15) is 0 Å². The lowest BCUT2D eigenvalue weighted by molar-refractivity contribution is 1.48. The molecule has 0 aliphatic carbocycles. The molecule has 0 atom stereocenters. The van der Waals surface area contributed by atoms with Gasteiger partial charge in [-0.05, 0) is 29.6 Å². The molecular formula is C10H15ClS2Si. The Kier molecular flexibility index (Phi) is 4.90. The molecule has 1 rings (SSSR count). The van der Waals surface area contributed by atoms with Gasteiger partial charge >= 0.3 is 0 Å². The Bertz CT molecular complexity index is 279. The maximum Gasteiger partial charge on any atom is 0.0559 e. The monoisotopic (exact) mass is 262 g/mol. The Morgan fingerprint density at radius 1 is 1.14 bits per heavy atom. The summed E-state index contributed by atoms with van der Waals surface area (Å²) in [5.74, 6) is 0. The van der Waals surface area contributed by atoms with Crippen molar-refractivity contribution in [2.24, 2.45) is 0 Å². The summed E-state index contributed by atoms with van der Waals surface area (Å²) in [5.41, 5.74) is 0.